The first-order chi connectivity index (χ1) is 16.3. The lowest BCUT2D eigenvalue weighted by molar-refractivity contribution is 0.122. The first-order valence-corrected chi connectivity index (χ1v) is 11.0. The molecule has 9 heteroatoms. The molecule has 33 heavy (non-hydrogen) atoms. The van der Waals surface area contributed by atoms with Gasteiger partial charge in [0.1, 0.15) is 0 Å². The standard InChI is InChI=1S/C24H26N8O/c1-17-20(19-9-5-6-10-21(19)27-17)16-26-31-23-28-22(25-15-18-7-3-2-4-8-18)29-24(30-23)32-11-13-33-14-12-32/h2-10,16,27H,11-15H2,1H3,(H2,25,28,29,30,31)/b26-16+. The first-order valence-electron chi connectivity index (χ1n) is 11.0. The molecular weight excluding hydrogens is 416 g/mol. The molecule has 0 saturated carbocycles. The number of para-hydroxylation sites is 1. The highest BCUT2D eigenvalue weighted by Crippen LogP contribution is 2.20. The molecule has 168 valence electrons. The molecule has 0 amide bonds. The number of morpholine rings is 1. The molecule has 0 atom stereocenters. The molecule has 1 aliphatic heterocycles. The summed E-state index contributed by atoms with van der Waals surface area (Å²) in [5.74, 6) is 1.48. The quantitative estimate of drug-likeness (QED) is 0.297. The fourth-order valence-corrected chi connectivity index (χ4v) is 3.79. The number of hydrogen-bond donors (Lipinski definition) is 3. The van der Waals surface area contributed by atoms with E-state index in [0.717, 1.165) is 40.8 Å². The Balaban J connectivity index is 1.37. The van der Waals surface area contributed by atoms with Crippen molar-refractivity contribution in [3.63, 3.8) is 0 Å². The number of nitrogens with one attached hydrogen (secondary N) is 3. The van der Waals surface area contributed by atoms with Gasteiger partial charge in [-0.3, -0.25) is 0 Å². The van der Waals surface area contributed by atoms with Crippen LogP contribution in [0.2, 0.25) is 0 Å². The van der Waals surface area contributed by atoms with Crippen molar-refractivity contribution in [2.24, 2.45) is 5.10 Å². The maximum Gasteiger partial charge on any atom is 0.250 e. The van der Waals surface area contributed by atoms with Crippen LogP contribution in [0.15, 0.2) is 59.7 Å². The Bertz CT molecular complexity index is 1250. The number of hydrazone groups is 1. The third kappa shape index (κ3) is 4.93. The van der Waals surface area contributed by atoms with E-state index in [0.29, 0.717) is 37.6 Å². The lowest BCUT2D eigenvalue weighted by atomic mass is 10.1. The third-order valence-corrected chi connectivity index (χ3v) is 5.51. The van der Waals surface area contributed by atoms with Crippen molar-refractivity contribution >= 4 is 35.0 Å². The molecule has 3 heterocycles. The van der Waals surface area contributed by atoms with Crippen LogP contribution in [0.25, 0.3) is 10.9 Å². The van der Waals surface area contributed by atoms with E-state index in [1.807, 2.05) is 37.3 Å². The van der Waals surface area contributed by atoms with Crippen molar-refractivity contribution in [1.29, 1.82) is 0 Å². The molecule has 4 aromatic rings. The second kappa shape index (κ2) is 9.66. The smallest absolute Gasteiger partial charge is 0.250 e. The van der Waals surface area contributed by atoms with E-state index < -0.39 is 0 Å². The van der Waals surface area contributed by atoms with Gasteiger partial charge in [0.25, 0.3) is 0 Å². The van der Waals surface area contributed by atoms with E-state index in [-0.39, 0.29) is 0 Å². The molecule has 0 spiro atoms. The van der Waals surface area contributed by atoms with Gasteiger partial charge in [-0.15, -0.1) is 0 Å². The van der Waals surface area contributed by atoms with Gasteiger partial charge in [0, 0.05) is 41.8 Å². The highest BCUT2D eigenvalue weighted by Gasteiger charge is 2.16. The Kier molecular flexibility index (Phi) is 6.12. The molecule has 2 aromatic carbocycles. The van der Waals surface area contributed by atoms with Gasteiger partial charge in [-0.05, 0) is 18.6 Å². The topological polar surface area (TPSA) is 103 Å². The Hall–Kier alpha value is -3.98. The van der Waals surface area contributed by atoms with E-state index in [1.165, 1.54) is 0 Å². The van der Waals surface area contributed by atoms with Crippen LogP contribution in [0.3, 0.4) is 0 Å². The lowest BCUT2D eigenvalue weighted by Crippen LogP contribution is -2.37. The normalized spacial score (nSPS) is 14.2. The van der Waals surface area contributed by atoms with Gasteiger partial charge in [-0.1, -0.05) is 48.5 Å². The van der Waals surface area contributed by atoms with Gasteiger partial charge < -0.3 is 19.9 Å². The molecule has 2 aromatic heterocycles. The number of benzene rings is 2. The van der Waals surface area contributed by atoms with Crippen LogP contribution in [0.1, 0.15) is 16.8 Å². The van der Waals surface area contributed by atoms with Gasteiger partial charge in [0.2, 0.25) is 17.8 Å². The number of H-pyrrole nitrogens is 1. The number of aromatic amines is 1. The van der Waals surface area contributed by atoms with Gasteiger partial charge in [0.15, 0.2) is 0 Å². The van der Waals surface area contributed by atoms with E-state index in [1.54, 1.807) is 6.21 Å². The first kappa shape index (κ1) is 20.9. The number of anilines is 3. The summed E-state index contributed by atoms with van der Waals surface area (Å²) in [5.41, 5.74) is 7.30. The van der Waals surface area contributed by atoms with Crippen molar-refractivity contribution in [1.82, 2.24) is 19.9 Å². The summed E-state index contributed by atoms with van der Waals surface area (Å²) in [6.45, 7) is 5.42. The minimum atomic E-state index is 0.385. The molecule has 1 saturated heterocycles. The average molecular weight is 443 g/mol. The van der Waals surface area contributed by atoms with Crippen molar-refractivity contribution < 1.29 is 4.74 Å². The van der Waals surface area contributed by atoms with E-state index in [9.17, 15) is 0 Å². The highest BCUT2D eigenvalue weighted by atomic mass is 16.5. The zero-order valence-electron chi connectivity index (χ0n) is 18.5. The number of aromatic nitrogens is 4. The summed E-state index contributed by atoms with van der Waals surface area (Å²) < 4.78 is 5.47. The molecule has 5 rings (SSSR count). The zero-order valence-corrected chi connectivity index (χ0v) is 18.5. The fourth-order valence-electron chi connectivity index (χ4n) is 3.79. The molecular formula is C24H26N8O. The van der Waals surface area contributed by atoms with Crippen molar-refractivity contribution in [3.8, 4) is 0 Å². The van der Waals surface area contributed by atoms with E-state index in [4.69, 9.17) is 4.74 Å². The van der Waals surface area contributed by atoms with E-state index in [2.05, 4.69) is 64.9 Å². The number of ether oxygens (including phenoxy) is 1. The minimum absolute atomic E-state index is 0.385. The summed E-state index contributed by atoms with van der Waals surface area (Å²) in [4.78, 5) is 19.2. The largest absolute Gasteiger partial charge is 0.378 e. The summed E-state index contributed by atoms with van der Waals surface area (Å²) in [7, 11) is 0. The summed E-state index contributed by atoms with van der Waals surface area (Å²) in [6.07, 6.45) is 1.80. The minimum Gasteiger partial charge on any atom is -0.378 e. The Labute approximate surface area is 191 Å². The molecule has 3 N–H and O–H groups in total. The van der Waals surface area contributed by atoms with Crippen molar-refractivity contribution in [3.05, 3.63) is 71.4 Å². The van der Waals surface area contributed by atoms with Gasteiger partial charge in [-0.25, -0.2) is 5.43 Å². The van der Waals surface area contributed by atoms with Crippen LogP contribution in [-0.2, 0) is 11.3 Å². The summed E-state index contributed by atoms with van der Waals surface area (Å²) >= 11 is 0. The van der Waals surface area contributed by atoms with Crippen molar-refractivity contribution in [2.75, 3.05) is 41.9 Å². The van der Waals surface area contributed by atoms with Crippen LogP contribution < -0.4 is 15.6 Å². The molecule has 0 aliphatic carbocycles. The fraction of sp³-hybridized carbons (Fsp3) is 0.250. The lowest BCUT2D eigenvalue weighted by Gasteiger charge is -2.27. The second-order valence-corrected chi connectivity index (χ2v) is 7.80. The van der Waals surface area contributed by atoms with Crippen LogP contribution in [0, 0.1) is 6.92 Å². The zero-order chi connectivity index (χ0) is 22.5. The predicted octanol–water partition coefficient (Wildman–Crippen LogP) is 3.56. The Morgan fingerprint density at radius 3 is 2.61 bits per heavy atom. The number of fused-ring (bicyclic) bond motifs is 1. The number of nitrogens with zero attached hydrogens (tertiary/aromatic N) is 5. The van der Waals surface area contributed by atoms with Crippen molar-refractivity contribution in [2.45, 2.75) is 13.5 Å². The van der Waals surface area contributed by atoms with Gasteiger partial charge in [0.05, 0.1) is 19.4 Å². The molecule has 1 fully saturated rings. The maximum absolute atomic E-state index is 5.47. The van der Waals surface area contributed by atoms with Crippen LogP contribution in [0.5, 0.6) is 0 Å². The average Bonchev–Trinajstić information content (AvgIpc) is 3.19. The molecule has 0 radical (unpaired) electrons. The van der Waals surface area contributed by atoms with E-state index >= 15 is 0 Å². The predicted molar refractivity (Wildman–Crippen MR) is 131 cm³/mol. The highest BCUT2D eigenvalue weighted by molar-refractivity contribution is 6.00. The summed E-state index contributed by atoms with van der Waals surface area (Å²) in [6, 6.07) is 18.3. The van der Waals surface area contributed by atoms with Crippen LogP contribution in [-0.4, -0.2) is 52.5 Å². The third-order valence-electron chi connectivity index (χ3n) is 5.51. The Morgan fingerprint density at radius 1 is 1.00 bits per heavy atom. The van der Waals surface area contributed by atoms with Crippen LogP contribution >= 0.6 is 0 Å². The summed E-state index contributed by atoms with van der Waals surface area (Å²) in [5, 5.41) is 8.84. The molecule has 0 unspecified atom stereocenters. The van der Waals surface area contributed by atoms with Gasteiger partial charge in [-0.2, -0.15) is 20.1 Å². The molecule has 1 aliphatic rings. The Morgan fingerprint density at radius 2 is 1.76 bits per heavy atom. The monoisotopic (exact) mass is 442 g/mol. The number of hydrogen-bond acceptors (Lipinski definition) is 8. The molecule has 0 bridgehead atoms. The molecule has 9 nitrogen and oxygen atoms in total. The maximum atomic E-state index is 5.47. The second-order valence-electron chi connectivity index (χ2n) is 7.80. The number of rotatable bonds is 7. The SMILES string of the molecule is Cc1[nH]c2ccccc2c1/C=N/Nc1nc(NCc2ccccc2)nc(N2CCOCC2)n1. The van der Waals surface area contributed by atoms with Gasteiger partial charge >= 0.3 is 0 Å². The van der Waals surface area contributed by atoms with Crippen LogP contribution in [0.4, 0.5) is 17.8 Å². The number of aryl methyl sites for hydroxylation is 1.